The Hall–Kier alpha value is -1.67. The molecule has 116 valence electrons. The molecule has 0 spiro atoms. The zero-order valence-corrected chi connectivity index (χ0v) is 12.7. The number of sulfonamides is 1. The lowest BCUT2D eigenvalue weighted by Gasteiger charge is -2.30. The highest BCUT2D eigenvalue weighted by atomic mass is 32.2. The smallest absolute Gasteiger partial charge is 0.312 e. The van der Waals surface area contributed by atoms with Gasteiger partial charge in [0.15, 0.2) is 4.90 Å². The van der Waals surface area contributed by atoms with Crippen LogP contribution in [0.15, 0.2) is 23.1 Å². The fraction of sp³-hybridized carbons (Fsp3) is 0.538. The van der Waals surface area contributed by atoms with Gasteiger partial charge in [0.2, 0.25) is 10.0 Å². The van der Waals surface area contributed by atoms with Crippen molar-refractivity contribution in [3.8, 4) is 0 Å². The number of benzene rings is 1. The maximum Gasteiger partial charge on any atom is 0.312 e. The van der Waals surface area contributed by atoms with Gasteiger partial charge in [0.05, 0.1) is 4.92 Å². The summed E-state index contributed by atoms with van der Waals surface area (Å²) in [4.78, 5) is 10.1. The topological polar surface area (TPSA) is 107 Å². The van der Waals surface area contributed by atoms with E-state index >= 15 is 0 Å². The first-order valence-corrected chi connectivity index (χ1v) is 8.35. The Bertz CT molecular complexity index is 637. The first-order valence-electron chi connectivity index (χ1n) is 6.91. The van der Waals surface area contributed by atoms with Gasteiger partial charge in [0.1, 0.15) is 5.69 Å². The molecule has 2 N–H and O–H groups in total. The number of nitrogens with two attached hydrogens (primary N) is 1. The standard InChI is InChI=1S/C13H19N3O4S/c1-2-10-6-8-15(9-7-10)21(19,20)12-5-3-4-11(14)13(12)16(17)18/h3-5,10H,2,6-9,14H2,1H3. The molecule has 1 aliphatic rings. The predicted molar refractivity (Wildman–Crippen MR) is 79.3 cm³/mol. The van der Waals surface area contributed by atoms with Crippen molar-refractivity contribution in [2.75, 3.05) is 18.8 Å². The number of piperidine rings is 1. The highest BCUT2D eigenvalue weighted by Gasteiger charge is 2.34. The summed E-state index contributed by atoms with van der Waals surface area (Å²) in [5.74, 6) is 0.521. The zero-order valence-electron chi connectivity index (χ0n) is 11.9. The monoisotopic (exact) mass is 313 g/mol. The Morgan fingerprint density at radius 1 is 1.38 bits per heavy atom. The van der Waals surface area contributed by atoms with Crippen LogP contribution in [0.3, 0.4) is 0 Å². The molecule has 1 aliphatic heterocycles. The number of hydrogen-bond donors (Lipinski definition) is 1. The lowest BCUT2D eigenvalue weighted by atomic mass is 9.96. The molecule has 0 radical (unpaired) electrons. The molecule has 0 unspecified atom stereocenters. The molecular formula is C13H19N3O4S. The molecule has 0 saturated carbocycles. The number of hydrogen-bond acceptors (Lipinski definition) is 5. The normalized spacial score (nSPS) is 17.8. The Labute approximate surface area is 123 Å². The van der Waals surface area contributed by atoms with E-state index in [2.05, 4.69) is 6.92 Å². The van der Waals surface area contributed by atoms with Crippen molar-refractivity contribution in [2.24, 2.45) is 5.92 Å². The van der Waals surface area contributed by atoms with Crippen LogP contribution in [-0.2, 0) is 10.0 Å². The summed E-state index contributed by atoms with van der Waals surface area (Å²) in [7, 11) is -3.88. The number of nitrogens with zero attached hydrogens (tertiary/aromatic N) is 2. The van der Waals surface area contributed by atoms with E-state index in [1.165, 1.54) is 22.5 Å². The third kappa shape index (κ3) is 3.01. The third-order valence-electron chi connectivity index (χ3n) is 3.98. The van der Waals surface area contributed by atoms with E-state index in [0.29, 0.717) is 19.0 Å². The van der Waals surface area contributed by atoms with Crippen LogP contribution in [0.2, 0.25) is 0 Å². The highest BCUT2D eigenvalue weighted by molar-refractivity contribution is 7.89. The second-order valence-corrected chi connectivity index (χ2v) is 7.11. The second-order valence-electron chi connectivity index (χ2n) is 5.21. The Morgan fingerprint density at radius 2 is 2.00 bits per heavy atom. The Kier molecular flexibility index (Phi) is 4.48. The predicted octanol–water partition coefficient (Wildman–Crippen LogP) is 1.99. The van der Waals surface area contributed by atoms with Crippen molar-refractivity contribution in [3.05, 3.63) is 28.3 Å². The van der Waals surface area contributed by atoms with Gasteiger partial charge >= 0.3 is 5.69 Å². The van der Waals surface area contributed by atoms with Gasteiger partial charge in [0, 0.05) is 13.1 Å². The maximum atomic E-state index is 12.6. The van der Waals surface area contributed by atoms with Crippen molar-refractivity contribution in [1.29, 1.82) is 0 Å². The molecule has 1 fully saturated rings. The summed E-state index contributed by atoms with van der Waals surface area (Å²) in [6, 6.07) is 4.00. The van der Waals surface area contributed by atoms with Gasteiger partial charge in [-0.15, -0.1) is 0 Å². The van der Waals surface area contributed by atoms with Crippen LogP contribution < -0.4 is 5.73 Å². The van der Waals surface area contributed by atoms with Crippen molar-refractivity contribution >= 4 is 21.4 Å². The summed E-state index contributed by atoms with van der Waals surface area (Å²) in [5, 5.41) is 11.1. The third-order valence-corrected chi connectivity index (χ3v) is 5.91. The summed E-state index contributed by atoms with van der Waals surface area (Å²) in [5.41, 5.74) is 4.90. The van der Waals surface area contributed by atoms with E-state index in [0.717, 1.165) is 19.3 Å². The molecule has 0 atom stereocenters. The Morgan fingerprint density at radius 3 is 2.52 bits per heavy atom. The van der Waals surface area contributed by atoms with Crippen molar-refractivity contribution in [1.82, 2.24) is 4.31 Å². The van der Waals surface area contributed by atoms with Crippen molar-refractivity contribution in [2.45, 2.75) is 31.1 Å². The van der Waals surface area contributed by atoms with Gasteiger partial charge in [-0.2, -0.15) is 4.31 Å². The molecular weight excluding hydrogens is 294 g/mol. The molecule has 1 heterocycles. The van der Waals surface area contributed by atoms with Gasteiger partial charge in [-0.25, -0.2) is 8.42 Å². The number of para-hydroxylation sites is 1. The van der Waals surface area contributed by atoms with Crippen LogP contribution in [-0.4, -0.2) is 30.7 Å². The summed E-state index contributed by atoms with van der Waals surface area (Å²) >= 11 is 0. The molecule has 1 aromatic carbocycles. The minimum Gasteiger partial charge on any atom is -0.393 e. The number of rotatable bonds is 4. The van der Waals surface area contributed by atoms with Gasteiger partial charge in [-0.1, -0.05) is 19.4 Å². The first-order chi connectivity index (χ1) is 9.87. The van der Waals surface area contributed by atoms with Crippen molar-refractivity contribution in [3.63, 3.8) is 0 Å². The molecule has 0 bridgehead atoms. The van der Waals surface area contributed by atoms with Crippen LogP contribution in [0.5, 0.6) is 0 Å². The zero-order chi connectivity index (χ0) is 15.6. The molecule has 0 aliphatic carbocycles. The summed E-state index contributed by atoms with van der Waals surface area (Å²) < 4.78 is 26.6. The van der Waals surface area contributed by atoms with Crippen LogP contribution in [0.25, 0.3) is 0 Å². The number of nitro benzene ring substituents is 1. The van der Waals surface area contributed by atoms with Gasteiger partial charge in [-0.3, -0.25) is 10.1 Å². The highest BCUT2D eigenvalue weighted by Crippen LogP contribution is 2.33. The van der Waals surface area contributed by atoms with Crippen molar-refractivity contribution < 1.29 is 13.3 Å². The van der Waals surface area contributed by atoms with Gasteiger partial charge in [0.25, 0.3) is 0 Å². The lowest BCUT2D eigenvalue weighted by Crippen LogP contribution is -2.38. The summed E-state index contributed by atoms with van der Waals surface area (Å²) in [6.45, 7) is 2.87. The molecule has 7 nitrogen and oxygen atoms in total. The average Bonchev–Trinajstić information content (AvgIpc) is 2.46. The first kappa shape index (κ1) is 15.7. The number of nitro groups is 1. The number of nitrogen functional groups attached to an aromatic ring is 1. The fourth-order valence-corrected chi connectivity index (χ4v) is 4.30. The van der Waals surface area contributed by atoms with E-state index in [-0.39, 0.29) is 10.6 Å². The molecule has 8 heteroatoms. The molecule has 0 aromatic heterocycles. The van der Waals surface area contributed by atoms with Crippen LogP contribution in [0, 0.1) is 16.0 Å². The van der Waals surface area contributed by atoms with Gasteiger partial charge in [-0.05, 0) is 30.9 Å². The second kappa shape index (κ2) is 5.98. The lowest BCUT2D eigenvalue weighted by molar-refractivity contribution is -0.386. The fourth-order valence-electron chi connectivity index (χ4n) is 2.64. The van der Waals surface area contributed by atoms with E-state index in [4.69, 9.17) is 5.73 Å². The van der Waals surface area contributed by atoms with E-state index in [1.807, 2.05) is 0 Å². The minimum atomic E-state index is -3.88. The van der Waals surface area contributed by atoms with Crippen LogP contribution >= 0.6 is 0 Å². The largest absolute Gasteiger partial charge is 0.393 e. The average molecular weight is 313 g/mol. The van der Waals surface area contributed by atoms with Crippen LogP contribution in [0.1, 0.15) is 26.2 Å². The molecule has 1 aromatic rings. The number of anilines is 1. The maximum absolute atomic E-state index is 12.6. The molecule has 0 amide bonds. The van der Waals surface area contributed by atoms with E-state index < -0.39 is 20.6 Å². The molecule has 1 saturated heterocycles. The van der Waals surface area contributed by atoms with Gasteiger partial charge < -0.3 is 5.73 Å². The molecule has 21 heavy (non-hydrogen) atoms. The minimum absolute atomic E-state index is 0.135. The molecule has 2 rings (SSSR count). The van der Waals surface area contributed by atoms with E-state index in [1.54, 1.807) is 0 Å². The van der Waals surface area contributed by atoms with E-state index in [9.17, 15) is 18.5 Å². The quantitative estimate of drug-likeness (QED) is 0.519. The SMILES string of the molecule is CCC1CCN(S(=O)(=O)c2cccc(N)c2[N+](=O)[O-])CC1. The summed E-state index contributed by atoms with van der Waals surface area (Å²) in [6.07, 6.45) is 2.59. The Balaban J connectivity index is 2.37. The van der Waals surface area contributed by atoms with Crippen LogP contribution in [0.4, 0.5) is 11.4 Å².